The Labute approximate surface area is 94.4 Å². The first-order valence-corrected chi connectivity index (χ1v) is 5.19. The number of aliphatic imine (C=N–C) groups is 1. The fourth-order valence-electron chi connectivity index (χ4n) is 1.56. The van der Waals surface area contributed by atoms with Crippen LogP contribution in [0.3, 0.4) is 0 Å². The molecule has 1 aliphatic rings. The number of isocyanates is 1. The Hall–Kier alpha value is -1.32. The number of aromatic hydroxyl groups is 2. The fraction of sp³-hybridized carbons (Fsp3) is 0.300. The summed E-state index contributed by atoms with van der Waals surface area (Å²) >= 11 is 3.27. The Morgan fingerprint density at radius 1 is 1.33 bits per heavy atom. The molecule has 0 aliphatic heterocycles. The molecule has 1 saturated carbocycles. The summed E-state index contributed by atoms with van der Waals surface area (Å²) in [5, 5.41) is 18.6. The van der Waals surface area contributed by atoms with Gasteiger partial charge < -0.3 is 10.2 Å². The minimum Gasteiger partial charge on any atom is -0.504 e. The second kappa shape index (κ2) is 3.36. The van der Waals surface area contributed by atoms with Gasteiger partial charge in [-0.3, -0.25) is 0 Å². The van der Waals surface area contributed by atoms with E-state index in [4.69, 9.17) is 0 Å². The highest BCUT2D eigenvalue weighted by molar-refractivity contribution is 9.10. The molecule has 0 spiro atoms. The summed E-state index contributed by atoms with van der Waals surface area (Å²) in [7, 11) is 0. The third-order valence-electron chi connectivity index (χ3n) is 2.55. The van der Waals surface area contributed by atoms with E-state index in [1.54, 1.807) is 6.08 Å². The number of hydrogen-bond donors (Lipinski definition) is 2. The van der Waals surface area contributed by atoms with Crippen molar-refractivity contribution in [3.05, 3.63) is 22.2 Å². The molecule has 1 fully saturated rings. The van der Waals surface area contributed by atoms with Gasteiger partial charge in [-0.05, 0) is 30.5 Å². The molecule has 1 aromatic carbocycles. The van der Waals surface area contributed by atoms with Crippen molar-refractivity contribution >= 4 is 22.0 Å². The van der Waals surface area contributed by atoms with Crippen LogP contribution in [-0.4, -0.2) is 16.3 Å². The van der Waals surface area contributed by atoms with Crippen LogP contribution in [0.25, 0.3) is 0 Å². The van der Waals surface area contributed by atoms with Gasteiger partial charge in [0.1, 0.15) is 0 Å². The predicted octanol–water partition coefficient (Wildman–Crippen LogP) is 2.19. The van der Waals surface area contributed by atoms with Gasteiger partial charge in [0.25, 0.3) is 0 Å². The number of hydrogen-bond acceptors (Lipinski definition) is 4. The highest BCUT2D eigenvalue weighted by Crippen LogP contribution is 2.53. The molecule has 0 bridgehead atoms. The van der Waals surface area contributed by atoms with Crippen LogP contribution in [0, 0.1) is 0 Å². The molecule has 0 amide bonds. The third-order valence-corrected chi connectivity index (χ3v) is 3.20. The number of rotatable bonds is 2. The molecule has 0 radical (unpaired) electrons. The van der Waals surface area contributed by atoms with E-state index in [9.17, 15) is 15.0 Å². The zero-order valence-corrected chi connectivity index (χ0v) is 9.28. The van der Waals surface area contributed by atoms with Gasteiger partial charge in [0, 0.05) is 4.47 Å². The number of carbonyl (C=O) groups excluding carboxylic acids is 1. The number of halogens is 1. The summed E-state index contributed by atoms with van der Waals surface area (Å²) in [5.74, 6) is -0.405. The third kappa shape index (κ3) is 1.64. The topological polar surface area (TPSA) is 69.9 Å². The molecule has 1 aliphatic carbocycles. The summed E-state index contributed by atoms with van der Waals surface area (Å²) in [4.78, 5) is 14.0. The highest BCUT2D eigenvalue weighted by Gasteiger charge is 2.46. The maximum Gasteiger partial charge on any atom is 0.235 e. The SMILES string of the molecule is O=C=NC1(c2cc(O)c(O)cc2Br)CC1. The molecule has 2 rings (SSSR count). The first kappa shape index (κ1) is 10.2. The highest BCUT2D eigenvalue weighted by atomic mass is 79.9. The van der Waals surface area contributed by atoms with E-state index >= 15 is 0 Å². The molecular formula is C10H8BrNO3. The van der Waals surface area contributed by atoms with Crippen molar-refractivity contribution in [2.75, 3.05) is 0 Å². The average Bonchev–Trinajstić information content (AvgIpc) is 2.93. The van der Waals surface area contributed by atoms with Gasteiger partial charge in [-0.1, -0.05) is 15.9 Å². The zero-order valence-electron chi connectivity index (χ0n) is 7.70. The lowest BCUT2D eigenvalue weighted by atomic mass is 10.1. The lowest BCUT2D eigenvalue weighted by molar-refractivity contribution is 0.402. The maximum atomic E-state index is 10.3. The fourth-order valence-corrected chi connectivity index (χ4v) is 2.26. The lowest BCUT2D eigenvalue weighted by Crippen LogP contribution is -2.03. The Bertz CT molecular complexity index is 462. The van der Waals surface area contributed by atoms with Crippen molar-refractivity contribution < 1.29 is 15.0 Å². The second-order valence-electron chi connectivity index (χ2n) is 3.56. The molecule has 5 heteroatoms. The molecule has 0 heterocycles. The van der Waals surface area contributed by atoms with Crippen LogP contribution in [0.4, 0.5) is 0 Å². The number of phenolic OH excluding ortho intramolecular Hbond substituents is 2. The standard InChI is InChI=1S/C10H8BrNO3/c11-7-4-9(15)8(14)3-6(7)10(1-2-10)12-5-13/h3-4,14-15H,1-2H2. The summed E-state index contributed by atoms with van der Waals surface area (Å²) in [6, 6.07) is 2.82. The van der Waals surface area contributed by atoms with Gasteiger partial charge in [0.05, 0.1) is 5.54 Å². The van der Waals surface area contributed by atoms with Crippen molar-refractivity contribution in [3.8, 4) is 11.5 Å². The summed E-state index contributed by atoms with van der Waals surface area (Å²) in [6.07, 6.45) is 3.05. The minimum atomic E-state index is -0.550. The van der Waals surface area contributed by atoms with E-state index in [0.29, 0.717) is 10.0 Å². The van der Waals surface area contributed by atoms with Gasteiger partial charge >= 0.3 is 0 Å². The monoisotopic (exact) mass is 269 g/mol. The van der Waals surface area contributed by atoms with E-state index in [1.807, 2.05) is 0 Å². The van der Waals surface area contributed by atoms with Crippen LogP contribution in [0.1, 0.15) is 18.4 Å². The van der Waals surface area contributed by atoms with E-state index in [1.165, 1.54) is 12.1 Å². The number of benzene rings is 1. The molecule has 2 N–H and O–H groups in total. The Morgan fingerprint density at radius 3 is 2.47 bits per heavy atom. The van der Waals surface area contributed by atoms with Crippen LogP contribution in [0.5, 0.6) is 11.5 Å². The number of nitrogens with zero attached hydrogens (tertiary/aromatic N) is 1. The predicted molar refractivity (Wildman–Crippen MR) is 56.5 cm³/mol. The van der Waals surface area contributed by atoms with E-state index in [0.717, 1.165) is 12.8 Å². The smallest absolute Gasteiger partial charge is 0.235 e. The van der Waals surface area contributed by atoms with E-state index < -0.39 is 5.54 Å². The van der Waals surface area contributed by atoms with Crippen LogP contribution < -0.4 is 0 Å². The van der Waals surface area contributed by atoms with Crippen molar-refractivity contribution in [2.45, 2.75) is 18.4 Å². The van der Waals surface area contributed by atoms with Gasteiger partial charge in [-0.25, -0.2) is 4.79 Å². The molecule has 0 aromatic heterocycles. The van der Waals surface area contributed by atoms with Gasteiger partial charge in [-0.15, -0.1) is 0 Å². The van der Waals surface area contributed by atoms with Crippen molar-refractivity contribution in [2.24, 2.45) is 4.99 Å². The summed E-state index contributed by atoms with van der Waals surface area (Å²) in [5.41, 5.74) is 0.160. The zero-order chi connectivity index (χ0) is 11.1. The van der Waals surface area contributed by atoms with Crippen LogP contribution in [0.2, 0.25) is 0 Å². The van der Waals surface area contributed by atoms with E-state index in [2.05, 4.69) is 20.9 Å². The van der Waals surface area contributed by atoms with Gasteiger partial charge in [0.15, 0.2) is 11.5 Å². The van der Waals surface area contributed by atoms with Gasteiger partial charge in [0.2, 0.25) is 6.08 Å². The van der Waals surface area contributed by atoms with Gasteiger partial charge in [-0.2, -0.15) is 4.99 Å². The lowest BCUT2D eigenvalue weighted by Gasteiger charge is -2.11. The molecular weight excluding hydrogens is 262 g/mol. The normalized spacial score (nSPS) is 16.9. The number of phenols is 2. The Balaban J connectivity index is 2.54. The molecule has 4 nitrogen and oxygen atoms in total. The average molecular weight is 270 g/mol. The summed E-state index contributed by atoms with van der Waals surface area (Å²) < 4.78 is 0.634. The van der Waals surface area contributed by atoms with Crippen LogP contribution in [0.15, 0.2) is 21.6 Å². The van der Waals surface area contributed by atoms with E-state index in [-0.39, 0.29) is 11.5 Å². The van der Waals surface area contributed by atoms with Crippen LogP contribution >= 0.6 is 15.9 Å². The molecule has 15 heavy (non-hydrogen) atoms. The van der Waals surface area contributed by atoms with Crippen molar-refractivity contribution in [3.63, 3.8) is 0 Å². The van der Waals surface area contributed by atoms with Crippen molar-refractivity contribution in [1.29, 1.82) is 0 Å². The second-order valence-corrected chi connectivity index (χ2v) is 4.41. The molecule has 78 valence electrons. The molecule has 0 unspecified atom stereocenters. The quantitative estimate of drug-likeness (QED) is 0.491. The van der Waals surface area contributed by atoms with Crippen LogP contribution in [-0.2, 0) is 10.3 Å². The summed E-state index contributed by atoms with van der Waals surface area (Å²) in [6.45, 7) is 0. The first-order chi connectivity index (χ1) is 7.09. The Morgan fingerprint density at radius 2 is 1.93 bits per heavy atom. The minimum absolute atomic E-state index is 0.198. The molecule has 1 aromatic rings. The first-order valence-electron chi connectivity index (χ1n) is 4.40. The molecule has 0 atom stereocenters. The Kier molecular flexibility index (Phi) is 2.29. The molecule has 0 saturated heterocycles. The largest absolute Gasteiger partial charge is 0.504 e. The van der Waals surface area contributed by atoms with Crippen molar-refractivity contribution in [1.82, 2.24) is 0 Å². The maximum absolute atomic E-state index is 10.3.